The van der Waals surface area contributed by atoms with Crippen molar-refractivity contribution in [2.24, 2.45) is 0 Å². The van der Waals surface area contributed by atoms with E-state index < -0.39 is 11.0 Å². The van der Waals surface area contributed by atoms with E-state index in [1.807, 2.05) is 30.3 Å². The molecule has 120 valence electrons. The highest BCUT2D eigenvalue weighted by Gasteiger charge is 2.16. The Morgan fingerprint density at radius 1 is 1.26 bits per heavy atom. The molecule has 2 rings (SSSR count). The first-order valence-corrected chi connectivity index (χ1v) is 7.19. The molecule has 1 amide bonds. The number of hydrogen-bond donors (Lipinski definition) is 1. The summed E-state index contributed by atoms with van der Waals surface area (Å²) in [7, 11) is 0. The second-order valence-electron chi connectivity index (χ2n) is 5.18. The smallest absolute Gasteiger partial charge is 0.271 e. The third-order valence-corrected chi connectivity index (χ3v) is 3.40. The van der Waals surface area contributed by atoms with Crippen LogP contribution in [0.2, 0.25) is 0 Å². The average molecular weight is 314 g/mol. The maximum atomic E-state index is 12.2. The minimum absolute atomic E-state index is 0.0660. The molecule has 6 heteroatoms. The fourth-order valence-electron chi connectivity index (χ4n) is 1.96. The Morgan fingerprint density at radius 3 is 2.61 bits per heavy atom. The van der Waals surface area contributed by atoms with E-state index in [-0.39, 0.29) is 11.6 Å². The average Bonchev–Trinajstić information content (AvgIpc) is 2.55. The lowest BCUT2D eigenvalue weighted by Gasteiger charge is -2.14. The van der Waals surface area contributed by atoms with Gasteiger partial charge in [0.15, 0.2) is 0 Å². The van der Waals surface area contributed by atoms with E-state index in [0.717, 1.165) is 11.1 Å². The summed E-state index contributed by atoms with van der Waals surface area (Å²) in [5.41, 5.74) is 2.07. The van der Waals surface area contributed by atoms with Crippen molar-refractivity contribution in [1.29, 1.82) is 0 Å². The number of carbonyl (C=O) groups excluding carboxylic acids is 1. The number of benzene rings is 2. The Morgan fingerprint density at radius 2 is 1.96 bits per heavy atom. The molecule has 0 aliphatic heterocycles. The van der Waals surface area contributed by atoms with Crippen LogP contribution in [0, 0.1) is 17.0 Å². The van der Waals surface area contributed by atoms with Crippen molar-refractivity contribution >= 4 is 17.3 Å². The monoisotopic (exact) mass is 314 g/mol. The molecule has 0 spiro atoms. The Bertz CT molecular complexity index is 701. The van der Waals surface area contributed by atoms with Gasteiger partial charge in [0.2, 0.25) is 0 Å². The number of nitro groups is 1. The Kier molecular flexibility index (Phi) is 5.43. The fraction of sp³-hybridized carbons (Fsp3) is 0.235. The number of ether oxygens (including phenoxy) is 1. The van der Waals surface area contributed by atoms with Crippen molar-refractivity contribution in [1.82, 2.24) is 0 Å². The van der Waals surface area contributed by atoms with Crippen LogP contribution >= 0.6 is 0 Å². The minimum Gasteiger partial charge on any atom is -0.364 e. The normalized spacial score (nSPS) is 11.7. The highest BCUT2D eigenvalue weighted by Crippen LogP contribution is 2.22. The minimum atomic E-state index is -0.672. The third kappa shape index (κ3) is 4.62. The molecule has 0 unspecified atom stereocenters. The fourth-order valence-corrected chi connectivity index (χ4v) is 1.96. The molecule has 0 aliphatic carbocycles. The summed E-state index contributed by atoms with van der Waals surface area (Å²) < 4.78 is 5.53. The zero-order valence-electron chi connectivity index (χ0n) is 13.0. The molecule has 0 saturated carbocycles. The number of nitro benzene ring substituents is 1. The molecule has 2 aromatic carbocycles. The van der Waals surface area contributed by atoms with Crippen molar-refractivity contribution < 1.29 is 14.5 Å². The summed E-state index contributed by atoms with van der Waals surface area (Å²) >= 11 is 0. The first kappa shape index (κ1) is 16.6. The first-order chi connectivity index (χ1) is 11.0. The molecule has 2 aromatic rings. The molecule has 6 nitrogen and oxygen atoms in total. The van der Waals surface area contributed by atoms with Gasteiger partial charge in [-0.2, -0.15) is 0 Å². The molecule has 0 saturated heterocycles. The van der Waals surface area contributed by atoms with Crippen molar-refractivity contribution in [3.63, 3.8) is 0 Å². The van der Waals surface area contributed by atoms with Crippen molar-refractivity contribution in [3.8, 4) is 0 Å². The van der Waals surface area contributed by atoms with Crippen LogP contribution in [-0.2, 0) is 16.1 Å². The number of nitrogens with zero attached hydrogens (tertiary/aromatic N) is 1. The van der Waals surface area contributed by atoms with Crippen LogP contribution in [0.4, 0.5) is 11.4 Å². The highest BCUT2D eigenvalue weighted by molar-refractivity contribution is 5.94. The van der Waals surface area contributed by atoms with Crippen molar-refractivity contribution in [2.75, 3.05) is 5.32 Å². The van der Waals surface area contributed by atoms with Crippen LogP contribution in [0.5, 0.6) is 0 Å². The lowest BCUT2D eigenvalue weighted by atomic mass is 10.1. The van der Waals surface area contributed by atoms with E-state index in [9.17, 15) is 14.9 Å². The van der Waals surface area contributed by atoms with Crippen LogP contribution in [0.25, 0.3) is 0 Å². The standard InChI is InChI=1S/C17H18N2O4/c1-12-8-9-15(19(21)22)10-16(12)18-17(20)13(2)23-11-14-6-4-3-5-7-14/h3-10,13H,11H2,1-2H3,(H,18,20)/t13-/m0/s1. The van der Waals surface area contributed by atoms with Crippen molar-refractivity contribution in [2.45, 2.75) is 26.6 Å². The van der Waals surface area contributed by atoms with Crippen LogP contribution in [0.3, 0.4) is 0 Å². The number of non-ortho nitro benzene ring substituents is 1. The largest absolute Gasteiger partial charge is 0.364 e. The summed E-state index contributed by atoms with van der Waals surface area (Å²) in [4.78, 5) is 22.5. The molecule has 1 atom stereocenters. The SMILES string of the molecule is Cc1ccc([N+](=O)[O-])cc1NC(=O)[C@H](C)OCc1ccccc1. The molecular weight excluding hydrogens is 296 g/mol. The van der Waals surface area contributed by atoms with E-state index >= 15 is 0 Å². The zero-order chi connectivity index (χ0) is 16.8. The summed E-state index contributed by atoms with van der Waals surface area (Å²) in [6, 6.07) is 13.9. The van der Waals surface area contributed by atoms with Crippen LogP contribution in [0.1, 0.15) is 18.1 Å². The Balaban J connectivity index is 1.98. The predicted molar refractivity (Wildman–Crippen MR) is 87.2 cm³/mol. The Hall–Kier alpha value is -2.73. The number of carbonyl (C=O) groups is 1. The van der Waals surface area contributed by atoms with Gasteiger partial charge in [-0.15, -0.1) is 0 Å². The number of hydrogen-bond acceptors (Lipinski definition) is 4. The van der Waals surface area contributed by atoms with Crippen molar-refractivity contribution in [3.05, 3.63) is 69.8 Å². The molecule has 0 aromatic heterocycles. The van der Waals surface area contributed by atoms with Crippen LogP contribution in [0.15, 0.2) is 48.5 Å². The predicted octanol–water partition coefficient (Wildman–Crippen LogP) is 3.45. The summed E-state index contributed by atoms with van der Waals surface area (Å²) in [6.45, 7) is 3.74. The topological polar surface area (TPSA) is 81.5 Å². The van der Waals surface area contributed by atoms with Gasteiger partial charge in [0, 0.05) is 12.1 Å². The van der Waals surface area contributed by atoms with E-state index in [4.69, 9.17) is 4.74 Å². The maximum Gasteiger partial charge on any atom is 0.271 e. The third-order valence-electron chi connectivity index (χ3n) is 3.40. The number of amides is 1. The second kappa shape index (κ2) is 7.51. The highest BCUT2D eigenvalue weighted by atomic mass is 16.6. The van der Waals surface area contributed by atoms with Gasteiger partial charge in [-0.05, 0) is 25.0 Å². The summed E-state index contributed by atoms with van der Waals surface area (Å²) in [6.07, 6.45) is -0.672. The van der Waals surface area contributed by atoms with Gasteiger partial charge in [-0.1, -0.05) is 36.4 Å². The molecular formula is C17H18N2O4. The summed E-state index contributed by atoms with van der Waals surface area (Å²) in [5, 5.41) is 13.5. The number of aryl methyl sites for hydroxylation is 1. The lowest BCUT2D eigenvalue weighted by molar-refractivity contribution is -0.384. The van der Waals surface area contributed by atoms with Gasteiger partial charge >= 0.3 is 0 Å². The molecule has 0 bridgehead atoms. The van der Waals surface area contributed by atoms with Gasteiger partial charge in [0.05, 0.1) is 17.2 Å². The molecule has 0 heterocycles. The second-order valence-corrected chi connectivity index (χ2v) is 5.18. The maximum absolute atomic E-state index is 12.2. The quantitative estimate of drug-likeness (QED) is 0.654. The molecule has 23 heavy (non-hydrogen) atoms. The van der Waals surface area contributed by atoms with E-state index in [0.29, 0.717) is 12.3 Å². The Labute approximate surface area is 134 Å². The van der Waals surface area contributed by atoms with Crippen LogP contribution < -0.4 is 5.32 Å². The van der Waals surface area contributed by atoms with Crippen LogP contribution in [-0.4, -0.2) is 16.9 Å². The summed E-state index contributed by atoms with van der Waals surface area (Å²) in [5.74, 6) is -0.343. The molecule has 0 aliphatic rings. The van der Waals surface area contributed by atoms with E-state index in [1.165, 1.54) is 12.1 Å². The van der Waals surface area contributed by atoms with Gasteiger partial charge in [0.25, 0.3) is 11.6 Å². The molecule has 0 fully saturated rings. The first-order valence-electron chi connectivity index (χ1n) is 7.19. The van der Waals surface area contributed by atoms with Gasteiger partial charge in [-0.25, -0.2) is 0 Å². The number of anilines is 1. The number of nitrogens with one attached hydrogen (secondary N) is 1. The van der Waals surface area contributed by atoms with E-state index in [2.05, 4.69) is 5.32 Å². The van der Waals surface area contributed by atoms with E-state index in [1.54, 1.807) is 19.9 Å². The lowest BCUT2D eigenvalue weighted by Crippen LogP contribution is -2.28. The molecule has 0 radical (unpaired) electrons. The van der Waals surface area contributed by atoms with Gasteiger partial charge < -0.3 is 10.1 Å². The zero-order valence-corrected chi connectivity index (χ0v) is 13.0. The van der Waals surface area contributed by atoms with Gasteiger partial charge in [-0.3, -0.25) is 14.9 Å². The molecule has 1 N–H and O–H groups in total. The number of rotatable bonds is 6. The van der Waals surface area contributed by atoms with Gasteiger partial charge in [0.1, 0.15) is 6.10 Å².